The highest BCUT2D eigenvalue weighted by Crippen LogP contribution is 2.35. The van der Waals surface area contributed by atoms with Gasteiger partial charge in [0.1, 0.15) is 17.2 Å². The summed E-state index contributed by atoms with van der Waals surface area (Å²) in [6.45, 7) is 4.07. The van der Waals surface area contributed by atoms with E-state index in [1.807, 2.05) is 25.4 Å². The van der Waals surface area contributed by atoms with Crippen molar-refractivity contribution in [2.45, 2.75) is 26.3 Å². The van der Waals surface area contributed by atoms with Gasteiger partial charge in [0, 0.05) is 16.5 Å². The van der Waals surface area contributed by atoms with Gasteiger partial charge in [-0.05, 0) is 31.5 Å². The lowest BCUT2D eigenvalue weighted by Crippen LogP contribution is -2.05. The topological polar surface area (TPSA) is 88.1 Å². The van der Waals surface area contributed by atoms with E-state index in [9.17, 15) is 5.26 Å². The zero-order chi connectivity index (χ0) is 19.3. The highest BCUT2D eigenvalue weighted by atomic mass is 32.1. The number of thiophene rings is 1. The molecule has 5 heterocycles. The third-order valence-corrected chi connectivity index (χ3v) is 5.86. The van der Waals surface area contributed by atoms with Crippen LogP contribution in [0, 0.1) is 18.3 Å². The number of aromatic nitrogens is 6. The number of H-pyrrole nitrogens is 1. The molecule has 138 valence electrons. The van der Waals surface area contributed by atoms with Gasteiger partial charge >= 0.3 is 0 Å². The largest absolute Gasteiger partial charge is 0.346 e. The molecule has 0 aliphatic heterocycles. The van der Waals surface area contributed by atoms with Crippen LogP contribution in [0.25, 0.3) is 38.5 Å². The van der Waals surface area contributed by atoms with Gasteiger partial charge in [0.05, 0.1) is 40.7 Å². The van der Waals surface area contributed by atoms with E-state index in [1.165, 1.54) is 4.88 Å². The fourth-order valence-corrected chi connectivity index (χ4v) is 4.34. The van der Waals surface area contributed by atoms with Crippen molar-refractivity contribution in [2.75, 3.05) is 0 Å². The first-order chi connectivity index (χ1) is 13.7. The van der Waals surface area contributed by atoms with E-state index >= 15 is 0 Å². The van der Waals surface area contributed by atoms with Gasteiger partial charge in [0.25, 0.3) is 0 Å². The Morgan fingerprint density at radius 2 is 2.18 bits per heavy atom. The second-order valence-electron chi connectivity index (χ2n) is 6.64. The lowest BCUT2D eigenvalue weighted by atomic mass is 10.2. The van der Waals surface area contributed by atoms with Crippen LogP contribution in [0.4, 0.5) is 0 Å². The van der Waals surface area contributed by atoms with Gasteiger partial charge in [-0.2, -0.15) is 10.4 Å². The number of nitrogens with zero attached hydrogens (tertiary/aromatic N) is 6. The summed E-state index contributed by atoms with van der Waals surface area (Å²) in [7, 11) is 0. The number of nitrogens with one attached hydrogen (secondary N) is 1. The summed E-state index contributed by atoms with van der Waals surface area (Å²) in [5.74, 6) is 0.855. The van der Waals surface area contributed by atoms with Crippen LogP contribution in [0.1, 0.15) is 24.3 Å². The second kappa shape index (κ2) is 6.32. The highest BCUT2D eigenvalue weighted by Gasteiger charge is 2.20. The number of hydrogen-bond donors (Lipinski definition) is 1. The number of pyridine rings is 1. The standard InChI is InChI=1S/C20H17N7S/c1-3-13(8-21)26-11-14(9-24-26)27-18-15-6-7-22-19(15)23-10-16(18)25-20(27)17-5-4-12(2)28-17/h4-7,9-11,13H,3H2,1-2H3,(H,22,23). The summed E-state index contributed by atoms with van der Waals surface area (Å²) in [5.41, 5.74) is 3.51. The molecule has 0 aliphatic rings. The van der Waals surface area contributed by atoms with E-state index in [0.717, 1.165) is 38.5 Å². The summed E-state index contributed by atoms with van der Waals surface area (Å²) < 4.78 is 3.84. The molecule has 5 aromatic rings. The van der Waals surface area contributed by atoms with Gasteiger partial charge in [0.15, 0.2) is 5.82 Å². The van der Waals surface area contributed by atoms with E-state index in [1.54, 1.807) is 28.4 Å². The van der Waals surface area contributed by atoms with Crippen LogP contribution in [0.5, 0.6) is 0 Å². The Hall–Kier alpha value is -3.44. The normalized spacial score (nSPS) is 12.6. The molecule has 0 saturated carbocycles. The molecule has 5 aromatic heterocycles. The van der Waals surface area contributed by atoms with Crippen LogP contribution >= 0.6 is 11.3 Å². The van der Waals surface area contributed by atoms with Crippen molar-refractivity contribution in [1.82, 2.24) is 29.3 Å². The number of hydrogen-bond acceptors (Lipinski definition) is 5. The Morgan fingerprint density at radius 3 is 2.93 bits per heavy atom. The average Bonchev–Trinajstić information content (AvgIpc) is 3.46. The van der Waals surface area contributed by atoms with Crippen LogP contribution in [0.15, 0.2) is 43.0 Å². The van der Waals surface area contributed by atoms with Crippen molar-refractivity contribution in [2.24, 2.45) is 0 Å². The third kappa shape index (κ3) is 2.44. The number of aryl methyl sites for hydroxylation is 1. The maximum absolute atomic E-state index is 9.40. The molecule has 7 nitrogen and oxygen atoms in total. The summed E-state index contributed by atoms with van der Waals surface area (Å²) in [4.78, 5) is 14.9. The Kier molecular flexibility index (Phi) is 3.77. The quantitative estimate of drug-likeness (QED) is 0.488. The lowest BCUT2D eigenvalue weighted by molar-refractivity contribution is 0.534. The number of rotatable bonds is 4. The van der Waals surface area contributed by atoms with Crippen molar-refractivity contribution in [3.8, 4) is 22.5 Å². The molecule has 0 saturated heterocycles. The molecule has 5 rings (SSSR count). The van der Waals surface area contributed by atoms with Crippen molar-refractivity contribution in [3.63, 3.8) is 0 Å². The number of fused-ring (bicyclic) bond motifs is 3. The predicted molar refractivity (Wildman–Crippen MR) is 109 cm³/mol. The molecule has 1 atom stereocenters. The van der Waals surface area contributed by atoms with Crippen molar-refractivity contribution < 1.29 is 0 Å². The van der Waals surface area contributed by atoms with Crippen LogP contribution in [-0.2, 0) is 0 Å². The van der Waals surface area contributed by atoms with Gasteiger partial charge in [-0.3, -0.25) is 9.25 Å². The molecule has 1 N–H and O–H groups in total. The maximum Gasteiger partial charge on any atom is 0.156 e. The molecule has 0 aliphatic carbocycles. The van der Waals surface area contributed by atoms with Gasteiger partial charge in [-0.15, -0.1) is 11.3 Å². The summed E-state index contributed by atoms with van der Waals surface area (Å²) in [6.07, 6.45) is 8.09. The molecule has 0 aromatic carbocycles. The fourth-order valence-electron chi connectivity index (χ4n) is 3.49. The Bertz CT molecular complexity index is 1340. The molecular weight excluding hydrogens is 370 g/mol. The number of imidazole rings is 1. The Labute approximate surface area is 164 Å². The minimum atomic E-state index is -0.287. The molecule has 0 radical (unpaired) electrons. The highest BCUT2D eigenvalue weighted by molar-refractivity contribution is 7.15. The molecule has 8 heteroatoms. The smallest absolute Gasteiger partial charge is 0.156 e. The van der Waals surface area contributed by atoms with Gasteiger partial charge in [0.2, 0.25) is 0 Å². The maximum atomic E-state index is 9.40. The van der Waals surface area contributed by atoms with Crippen molar-refractivity contribution in [1.29, 1.82) is 5.26 Å². The van der Waals surface area contributed by atoms with E-state index in [-0.39, 0.29) is 6.04 Å². The zero-order valence-electron chi connectivity index (χ0n) is 15.4. The fraction of sp³-hybridized carbons (Fsp3) is 0.200. The van der Waals surface area contributed by atoms with E-state index in [0.29, 0.717) is 6.42 Å². The monoisotopic (exact) mass is 387 g/mol. The van der Waals surface area contributed by atoms with Crippen molar-refractivity contribution in [3.05, 3.63) is 47.9 Å². The number of aromatic amines is 1. The molecule has 0 spiro atoms. The lowest BCUT2D eigenvalue weighted by Gasteiger charge is -2.07. The molecule has 0 amide bonds. The van der Waals surface area contributed by atoms with Gasteiger partial charge in [-0.1, -0.05) is 6.92 Å². The Balaban J connectivity index is 1.83. The van der Waals surface area contributed by atoms with Crippen LogP contribution in [0.2, 0.25) is 0 Å². The molecule has 0 bridgehead atoms. The minimum Gasteiger partial charge on any atom is -0.346 e. The van der Waals surface area contributed by atoms with Gasteiger partial charge in [-0.25, -0.2) is 9.97 Å². The number of nitriles is 1. The first kappa shape index (κ1) is 16.7. The minimum absolute atomic E-state index is 0.287. The third-order valence-electron chi connectivity index (χ3n) is 4.86. The predicted octanol–water partition coefficient (Wildman–Crippen LogP) is 4.61. The average molecular weight is 387 g/mol. The first-order valence-electron chi connectivity index (χ1n) is 9.05. The van der Waals surface area contributed by atoms with E-state index < -0.39 is 0 Å². The Morgan fingerprint density at radius 1 is 1.29 bits per heavy atom. The molecule has 1 unspecified atom stereocenters. The van der Waals surface area contributed by atoms with Crippen LogP contribution < -0.4 is 0 Å². The van der Waals surface area contributed by atoms with Gasteiger partial charge < -0.3 is 4.98 Å². The second-order valence-corrected chi connectivity index (χ2v) is 7.93. The van der Waals surface area contributed by atoms with Crippen molar-refractivity contribution >= 4 is 33.4 Å². The summed E-state index contributed by atoms with van der Waals surface area (Å²) >= 11 is 1.70. The van der Waals surface area contributed by atoms with Crippen LogP contribution in [-0.4, -0.2) is 29.3 Å². The SMILES string of the molecule is CCC(C#N)n1cc(-n2c(-c3ccc(C)s3)nc3cnc4[nH]ccc4c32)cn1. The molecule has 28 heavy (non-hydrogen) atoms. The first-order valence-corrected chi connectivity index (χ1v) is 9.86. The van der Waals surface area contributed by atoms with E-state index in [2.05, 4.69) is 44.8 Å². The van der Waals surface area contributed by atoms with Crippen LogP contribution in [0.3, 0.4) is 0 Å². The molecular formula is C20H17N7S. The summed E-state index contributed by atoms with van der Waals surface area (Å²) in [5, 5.41) is 14.9. The van der Waals surface area contributed by atoms with E-state index in [4.69, 9.17) is 4.98 Å². The molecule has 0 fully saturated rings. The summed E-state index contributed by atoms with van der Waals surface area (Å²) in [6, 6.07) is 8.22. The zero-order valence-corrected chi connectivity index (χ0v) is 16.2.